The zero-order valence-corrected chi connectivity index (χ0v) is 8.02. The van der Waals surface area contributed by atoms with E-state index in [0.717, 1.165) is 6.08 Å². The van der Waals surface area contributed by atoms with Crippen molar-refractivity contribution >= 4 is 17.9 Å². The van der Waals surface area contributed by atoms with Crippen molar-refractivity contribution in [1.82, 2.24) is 0 Å². The molecule has 82 valence electrons. The second-order valence-electron chi connectivity index (χ2n) is 3.26. The smallest absolute Gasteiger partial charge is 0.328 e. The van der Waals surface area contributed by atoms with Crippen LogP contribution in [0.1, 0.15) is 13.3 Å². The lowest BCUT2D eigenvalue weighted by Crippen LogP contribution is -2.37. The molecule has 0 bridgehead atoms. The highest BCUT2D eigenvalue weighted by molar-refractivity contribution is 6.04. The molecule has 1 saturated heterocycles. The highest BCUT2D eigenvalue weighted by Gasteiger charge is 2.53. The summed E-state index contributed by atoms with van der Waals surface area (Å²) < 4.78 is 4.58. The minimum absolute atomic E-state index is 0.00404. The van der Waals surface area contributed by atoms with Crippen LogP contribution < -0.4 is 0 Å². The first-order valence-corrected chi connectivity index (χ1v) is 4.23. The van der Waals surface area contributed by atoms with Crippen molar-refractivity contribution in [1.29, 1.82) is 0 Å². The van der Waals surface area contributed by atoms with Crippen molar-refractivity contribution in [3.8, 4) is 0 Å². The topological polar surface area (TPSA) is 101 Å². The molecule has 1 aliphatic heterocycles. The van der Waals surface area contributed by atoms with Crippen LogP contribution in [0.4, 0.5) is 0 Å². The van der Waals surface area contributed by atoms with Crippen LogP contribution in [0.3, 0.4) is 0 Å². The molecule has 1 atom stereocenters. The Balaban J connectivity index is 3.18. The van der Waals surface area contributed by atoms with Crippen LogP contribution in [0.25, 0.3) is 0 Å². The Labute approximate surface area is 85.1 Å². The predicted octanol–water partition coefficient (Wildman–Crippen LogP) is 0.0352. The Morgan fingerprint density at radius 3 is 2.40 bits per heavy atom. The molecule has 1 heterocycles. The Hall–Kier alpha value is -1.85. The van der Waals surface area contributed by atoms with Gasteiger partial charge in [-0.15, -0.1) is 0 Å². The molecule has 6 heteroatoms. The van der Waals surface area contributed by atoms with Crippen LogP contribution in [0.5, 0.6) is 0 Å². The Bertz CT molecular complexity index is 356. The number of aliphatic carboxylic acids is 2. The summed E-state index contributed by atoms with van der Waals surface area (Å²) in [7, 11) is 0. The molecule has 0 radical (unpaired) electrons. The van der Waals surface area contributed by atoms with Gasteiger partial charge >= 0.3 is 17.9 Å². The number of esters is 1. The molecular weight excluding hydrogens is 204 g/mol. The summed E-state index contributed by atoms with van der Waals surface area (Å²) in [4.78, 5) is 32.8. The lowest BCUT2D eigenvalue weighted by atomic mass is 9.79. The SMILES string of the molecule is C/C(=C\C(=O)O)C1(C(=O)O)CCOC1=O. The highest BCUT2D eigenvalue weighted by atomic mass is 16.5. The first kappa shape index (κ1) is 11.2. The number of rotatable bonds is 3. The summed E-state index contributed by atoms with van der Waals surface area (Å²) in [5, 5.41) is 17.5. The van der Waals surface area contributed by atoms with E-state index < -0.39 is 23.3 Å². The van der Waals surface area contributed by atoms with Gasteiger partial charge in [0.1, 0.15) is 0 Å². The second kappa shape index (κ2) is 3.72. The maximum atomic E-state index is 11.3. The van der Waals surface area contributed by atoms with Crippen LogP contribution in [-0.2, 0) is 19.1 Å². The molecule has 2 N–H and O–H groups in total. The quantitative estimate of drug-likeness (QED) is 0.390. The summed E-state index contributed by atoms with van der Waals surface area (Å²) >= 11 is 0. The molecule has 0 aromatic carbocycles. The van der Waals surface area contributed by atoms with Crippen molar-refractivity contribution < 1.29 is 29.3 Å². The summed E-state index contributed by atoms with van der Waals surface area (Å²) in [5.41, 5.74) is -1.84. The number of carboxylic acid groups (broad SMARTS) is 2. The van der Waals surface area contributed by atoms with E-state index in [2.05, 4.69) is 4.74 Å². The monoisotopic (exact) mass is 214 g/mol. The van der Waals surface area contributed by atoms with E-state index in [1.807, 2.05) is 0 Å². The molecule has 6 nitrogen and oxygen atoms in total. The number of carbonyl (C=O) groups excluding carboxylic acids is 1. The van der Waals surface area contributed by atoms with Gasteiger partial charge in [0.15, 0.2) is 5.41 Å². The van der Waals surface area contributed by atoms with Crippen LogP contribution in [0, 0.1) is 5.41 Å². The molecule has 0 spiro atoms. The summed E-state index contributed by atoms with van der Waals surface area (Å²) in [6, 6.07) is 0. The van der Waals surface area contributed by atoms with E-state index in [1.165, 1.54) is 6.92 Å². The molecule has 1 unspecified atom stereocenters. The first-order chi connectivity index (χ1) is 6.91. The van der Waals surface area contributed by atoms with Gasteiger partial charge in [-0.2, -0.15) is 0 Å². The van der Waals surface area contributed by atoms with Crippen molar-refractivity contribution in [2.24, 2.45) is 5.41 Å². The maximum absolute atomic E-state index is 11.3. The van der Waals surface area contributed by atoms with Gasteiger partial charge < -0.3 is 14.9 Å². The minimum Gasteiger partial charge on any atom is -0.480 e. The van der Waals surface area contributed by atoms with Gasteiger partial charge in [0.2, 0.25) is 0 Å². The van der Waals surface area contributed by atoms with Gasteiger partial charge in [-0.3, -0.25) is 9.59 Å². The average molecular weight is 214 g/mol. The van der Waals surface area contributed by atoms with E-state index in [4.69, 9.17) is 10.2 Å². The van der Waals surface area contributed by atoms with Crippen molar-refractivity contribution in [2.45, 2.75) is 13.3 Å². The third kappa shape index (κ3) is 1.70. The Kier molecular flexibility index (Phi) is 2.78. The molecule has 0 aliphatic carbocycles. The van der Waals surface area contributed by atoms with Gasteiger partial charge in [0.25, 0.3) is 0 Å². The minimum atomic E-state index is -1.82. The van der Waals surface area contributed by atoms with Gasteiger partial charge in [-0.25, -0.2) is 4.79 Å². The first-order valence-electron chi connectivity index (χ1n) is 4.23. The third-order valence-electron chi connectivity index (χ3n) is 2.44. The molecular formula is C9H10O6. The Morgan fingerprint density at radius 2 is 2.07 bits per heavy atom. The van der Waals surface area contributed by atoms with Crippen LogP contribution in [0.2, 0.25) is 0 Å². The largest absolute Gasteiger partial charge is 0.480 e. The molecule has 15 heavy (non-hydrogen) atoms. The van der Waals surface area contributed by atoms with E-state index >= 15 is 0 Å². The van der Waals surface area contributed by atoms with E-state index in [1.54, 1.807) is 0 Å². The van der Waals surface area contributed by atoms with Crippen molar-refractivity contribution in [3.05, 3.63) is 11.6 Å². The lowest BCUT2D eigenvalue weighted by molar-refractivity contribution is -0.157. The molecule has 1 rings (SSSR count). The fourth-order valence-corrected chi connectivity index (χ4v) is 1.55. The molecule has 0 aromatic heterocycles. The zero-order chi connectivity index (χ0) is 11.6. The van der Waals surface area contributed by atoms with Gasteiger partial charge in [-0.05, 0) is 12.5 Å². The second-order valence-corrected chi connectivity index (χ2v) is 3.26. The van der Waals surface area contributed by atoms with Gasteiger partial charge in [0.05, 0.1) is 6.61 Å². The lowest BCUT2D eigenvalue weighted by Gasteiger charge is -2.19. The number of hydrogen-bond donors (Lipinski definition) is 2. The maximum Gasteiger partial charge on any atom is 0.328 e. The van der Waals surface area contributed by atoms with Crippen LogP contribution >= 0.6 is 0 Å². The van der Waals surface area contributed by atoms with Crippen LogP contribution in [-0.4, -0.2) is 34.7 Å². The van der Waals surface area contributed by atoms with Gasteiger partial charge in [-0.1, -0.05) is 0 Å². The number of cyclic esters (lactones) is 1. The van der Waals surface area contributed by atoms with E-state index in [-0.39, 0.29) is 18.6 Å². The summed E-state index contributed by atoms with van der Waals surface area (Å²) in [6.45, 7) is 1.30. The number of carbonyl (C=O) groups is 3. The summed E-state index contributed by atoms with van der Waals surface area (Å²) in [6.07, 6.45) is 0.692. The molecule has 0 amide bonds. The standard InChI is InChI=1S/C9H10O6/c1-5(4-6(10)11)9(7(12)13)2-3-15-8(9)14/h4H,2-3H2,1H3,(H,10,11)(H,12,13)/b5-4+. The van der Waals surface area contributed by atoms with E-state index in [9.17, 15) is 14.4 Å². The van der Waals surface area contributed by atoms with Crippen molar-refractivity contribution in [2.75, 3.05) is 6.61 Å². The predicted molar refractivity (Wildman–Crippen MR) is 47.0 cm³/mol. The van der Waals surface area contributed by atoms with Gasteiger partial charge in [0, 0.05) is 12.5 Å². The van der Waals surface area contributed by atoms with E-state index in [0.29, 0.717) is 0 Å². The number of ether oxygens (including phenoxy) is 1. The molecule has 0 aromatic rings. The van der Waals surface area contributed by atoms with Crippen LogP contribution in [0.15, 0.2) is 11.6 Å². The fourth-order valence-electron chi connectivity index (χ4n) is 1.55. The number of carboxylic acids is 2. The van der Waals surface area contributed by atoms with Crippen molar-refractivity contribution in [3.63, 3.8) is 0 Å². The fraction of sp³-hybridized carbons (Fsp3) is 0.444. The summed E-state index contributed by atoms with van der Waals surface area (Å²) in [5.74, 6) is -3.56. The molecule has 1 aliphatic rings. The average Bonchev–Trinajstić information content (AvgIpc) is 2.46. The number of hydrogen-bond acceptors (Lipinski definition) is 4. The molecule has 0 saturated carbocycles. The molecule has 1 fully saturated rings. The third-order valence-corrected chi connectivity index (χ3v) is 2.44. The normalized spacial score (nSPS) is 26.2. The Morgan fingerprint density at radius 1 is 1.47 bits per heavy atom. The zero-order valence-electron chi connectivity index (χ0n) is 8.02. The highest BCUT2D eigenvalue weighted by Crippen LogP contribution is 2.37.